The van der Waals surface area contributed by atoms with Gasteiger partial charge in [0.1, 0.15) is 5.75 Å². The van der Waals surface area contributed by atoms with Crippen molar-refractivity contribution in [1.82, 2.24) is 0 Å². The van der Waals surface area contributed by atoms with Gasteiger partial charge in [0.15, 0.2) is 0 Å². The molecule has 0 aliphatic carbocycles. The van der Waals surface area contributed by atoms with E-state index in [1.165, 1.54) is 9.13 Å². The van der Waals surface area contributed by atoms with Gasteiger partial charge >= 0.3 is 0 Å². The van der Waals surface area contributed by atoms with Crippen molar-refractivity contribution in [3.63, 3.8) is 0 Å². The van der Waals surface area contributed by atoms with Gasteiger partial charge in [0.25, 0.3) is 0 Å². The van der Waals surface area contributed by atoms with Gasteiger partial charge in [0, 0.05) is 15.3 Å². The maximum Gasteiger partial charge on any atom is 0.122 e. The van der Waals surface area contributed by atoms with Crippen LogP contribution in [0, 0.1) is 3.57 Å². The standard InChI is InChI=1S/C16H18INO/c1-12(18-15-9-7-14(17)8-10-15)11-13-5-3-4-6-16(13)19-2/h3-10,12,18H,11H2,1-2H3. The van der Waals surface area contributed by atoms with Crippen molar-refractivity contribution in [3.05, 3.63) is 57.7 Å². The number of anilines is 1. The van der Waals surface area contributed by atoms with Crippen molar-refractivity contribution >= 4 is 28.3 Å². The van der Waals surface area contributed by atoms with Crippen molar-refractivity contribution in [2.75, 3.05) is 12.4 Å². The van der Waals surface area contributed by atoms with Crippen LogP contribution in [0.4, 0.5) is 5.69 Å². The van der Waals surface area contributed by atoms with Crippen LogP contribution in [-0.4, -0.2) is 13.2 Å². The fourth-order valence-electron chi connectivity index (χ4n) is 2.08. The topological polar surface area (TPSA) is 21.3 Å². The zero-order chi connectivity index (χ0) is 13.7. The molecule has 0 bridgehead atoms. The van der Waals surface area contributed by atoms with Crippen molar-refractivity contribution in [3.8, 4) is 5.75 Å². The Balaban J connectivity index is 2.01. The number of nitrogens with one attached hydrogen (secondary N) is 1. The fraction of sp³-hybridized carbons (Fsp3) is 0.250. The van der Waals surface area contributed by atoms with Gasteiger partial charge in [-0.25, -0.2) is 0 Å². The number of para-hydroxylation sites is 1. The summed E-state index contributed by atoms with van der Waals surface area (Å²) < 4.78 is 6.63. The largest absolute Gasteiger partial charge is 0.496 e. The van der Waals surface area contributed by atoms with Crippen LogP contribution in [0.2, 0.25) is 0 Å². The molecule has 3 heteroatoms. The maximum atomic E-state index is 5.38. The van der Waals surface area contributed by atoms with Crippen LogP contribution in [0.25, 0.3) is 0 Å². The first-order chi connectivity index (χ1) is 9.19. The molecule has 2 aromatic rings. The first-order valence-corrected chi connectivity index (χ1v) is 7.41. The molecule has 0 aromatic heterocycles. The van der Waals surface area contributed by atoms with E-state index < -0.39 is 0 Å². The normalized spacial score (nSPS) is 11.9. The van der Waals surface area contributed by atoms with Gasteiger partial charge in [-0.15, -0.1) is 0 Å². The summed E-state index contributed by atoms with van der Waals surface area (Å²) in [5.41, 5.74) is 2.39. The van der Waals surface area contributed by atoms with Crippen LogP contribution in [0.3, 0.4) is 0 Å². The molecule has 2 nitrogen and oxygen atoms in total. The molecule has 0 fully saturated rings. The fourth-order valence-corrected chi connectivity index (χ4v) is 2.44. The number of hydrogen-bond donors (Lipinski definition) is 1. The molecule has 0 saturated heterocycles. The molecule has 1 atom stereocenters. The number of methoxy groups -OCH3 is 1. The Morgan fingerprint density at radius 1 is 1.11 bits per heavy atom. The molecule has 100 valence electrons. The smallest absolute Gasteiger partial charge is 0.122 e. The molecule has 19 heavy (non-hydrogen) atoms. The zero-order valence-electron chi connectivity index (χ0n) is 11.2. The van der Waals surface area contributed by atoms with E-state index in [4.69, 9.17) is 4.74 Å². The van der Waals surface area contributed by atoms with Gasteiger partial charge < -0.3 is 10.1 Å². The van der Waals surface area contributed by atoms with Crippen molar-refractivity contribution in [2.45, 2.75) is 19.4 Å². The number of ether oxygens (including phenoxy) is 1. The molecule has 0 heterocycles. The Morgan fingerprint density at radius 2 is 1.79 bits per heavy atom. The second-order valence-corrected chi connectivity index (χ2v) is 5.81. The summed E-state index contributed by atoms with van der Waals surface area (Å²) in [5.74, 6) is 0.957. The Kier molecular flexibility index (Phi) is 5.07. The second kappa shape index (κ2) is 6.80. The van der Waals surface area contributed by atoms with Crippen LogP contribution in [0.5, 0.6) is 5.75 Å². The average Bonchev–Trinajstić information content (AvgIpc) is 2.42. The average molecular weight is 367 g/mol. The quantitative estimate of drug-likeness (QED) is 0.794. The monoisotopic (exact) mass is 367 g/mol. The van der Waals surface area contributed by atoms with E-state index in [0.717, 1.165) is 17.9 Å². The third kappa shape index (κ3) is 4.13. The molecule has 0 amide bonds. The molecule has 0 saturated carbocycles. The Bertz CT molecular complexity index is 525. The highest BCUT2D eigenvalue weighted by atomic mass is 127. The van der Waals surface area contributed by atoms with Crippen molar-refractivity contribution < 1.29 is 4.74 Å². The van der Waals surface area contributed by atoms with E-state index in [2.05, 4.69) is 71.2 Å². The number of halogens is 1. The zero-order valence-corrected chi connectivity index (χ0v) is 13.3. The summed E-state index contributed by atoms with van der Waals surface area (Å²) in [6.45, 7) is 2.18. The molecule has 0 aliphatic heterocycles. The van der Waals surface area contributed by atoms with E-state index in [1.54, 1.807) is 7.11 Å². The third-order valence-electron chi connectivity index (χ3n) is 2.98. The highest BCUT2D eigenvalue weighted by Gasteiger charge is 2.07. The predicted octanol–water partition coefficient (Wildman–Crippen LogP) is 4.34. The minimum absolute atomic E-state index is 0.358. The lowest BCUT2D eigenvalue weighted by molar-refractivity contribution is 0.409. The van der Waals surface area contributed by atoms with Crippen LogP contribution >= 0.6 is 22.6 Å². The van der Waals surface area contributed by atoms with Crippen molar-refractivity contribution in [1.29, 1.82) is 0 Å². The minimum atomic E-state index is 0.358. The van der Waals surface area contributed by atoms with Gasteiger partial charge in [-0.3, -0.25) is 0 Å². The lowest BCUT2D eigenvalue weighted by Crippen LogP contribution is -2.18. The molecule has 2 rings (SSSR count). The Labute approximate surface area is 128 Å². The summed E-state index contributed by atoms with van der Waals surface area (Å²) in [6.07, 6.45) is 0.940. The van der Waals surface area contributed by atoms with Crippen LogP contribution < -0.4 is 10.1 Å². The number of hydrogen-bond acceptors (Lipinski definition) is 2. The first kappa shape index (κ1) is 14.2. The number of benzene rings is 2. The Hall–Kier alpha value is -1.23. The van der Waals surface area contributed by atoms with Gasteiger partial charge in [0.05, 0.1) is 7.11 Å². The summed E-state index contributed by atoms with van der Waals surface area (Å²) in [7, 11) is 1.72. The summed E-state index contributed by atoms with van der Waals surface area (Å²) in [6, 6.07) is 17.0. The summed E-state index contributed by atoms with van der Waals surface area (Å²) in [5, 5.41) is 3.51. The highest BCUT2D eigenvalue weighted by molar-refractivity contribution is 14.1. The predicted molar refractivity (Wildman–Crippen MR) is 88.9 cm³/mol. The molecular weight excluding hydrogens is 349 g/mol. The molecule has 0 aliphatic rings. The Morgan fingerprint density at radius 3 is 2.47 bits per heavy atom. The molecular formula is C16H18INO. The molecule has 0 spiro atoms. The van der Waals surface area contributed by atoms with Gasteiger partial charge in [-0.1, -0.05) is 18.2 Å². The van der Waals surface area contributed by atoms with Crippen molar-refractivity contribution in [2.24, 2.45) is 0 Å². The van der Waals surface area contributed by atoms with E-state index in [0.29, 0.717) is 6.04 Å². The minimum Gasteiger partial charge on any atom is -0.496 e. The van der Waals surface area contributed by atoms with Crippen LogP contribution in [0.1, 0.15) is 12.5 Å². The maximum absolute atomic E-state index is 5.38. The molecule has 0 radical (unpaired) electrons. The lowest BCUT2D eigenvalue weighted by Gasteiger charge is -2.17. The van der Waals surface area contributed by atoms with Crippen LogP contribution in [-0.2, 0) is 6.42 Å². The molecule has 1 N–H and O–H groups in total. The summed E-state index contributed by atoms with van der Waals surface area (Å²) >= 11 is 2.31. The highest BCUT2D eigenvalue weighted by Crippen LogP contribution is 2.20. The molecule has 1 unspecified atom stereocenters. The van der Waals surface area contributed by atoms with Gasteiger partial charge in [-0.2, -0.15) is 0 Å². The van der Waals surface area contributed by atoms with E-state index in [-0.39, 0.29) is 0 Å². The lowest BCUT2D eigenvalue weighted by atomic mass is 10.1. The van der Waals surface area contributed by atoms with E-state index in [9.17, 15) is 0 Å². The third-order valence-corrected chi connectivity index (χ3v) is 3.70. The van der Waals surface area contributed by atoms with E-state index >= 15 is 0 Å². The first-order valence-electron chi connectivity index (χ1n) is 6.33. The number of rotatable bonds is 5. The van der Waals surface area contributed by atoms with Crippen LogP contribution in [0.15, 0.2) is 48.5 Å². The summed E-state index contributed by atoms with van der Waals surface area (Å²) in [4.78, 5) is 0. The van der Waals surface area contributed by atoms with E-state index in [1.807, 2.05) is 12.1 Å². The molecule has 2 aromatic carbocycles. The second-order valence-electron chi connectivity index (χ2n) is 4.57. The SMILES string of the molecule is COc1ccccc1CC(C)Nc1ccc(I)cc1. The van der Waals surface area contributed by atoms with Gasteiger partial charge in [-0.05, 0) is 71.8 Å². The van der Waals surface area contributed by atoms with Gasteiger partial charge in [0.2, 0.25) is 0 Å².